The predicted molar refractivity (Wildman–Crippen MR) is 326 cm³/mol. The zero-order valence-corrected chi connectivity index (χ0v) is 43.4. The van der Waals surface area contributed by atoms with Crippen LogP contribution in [0.1, 0.15) is 48.9 Å². The van der Waals surface area contributed by atoms with Gasteiger partial charge in [0.25, 0.3) is 0 Å². The highest BCUT2D eigenvalue weighted by molar-refractivity contribution is 6.12. The molecular formula is C75H57NO. The van der Waals surface area contributed by atoms with Crippen LogP contribution in [0.5, 0.6) is 0 Å². The number of unbranched alkanes of at least 4 members (excludes halogenated alkanes) is 1. The first-order chi connectivity index (χ1) is 38.1. The molecule has 1 aromatic heterocycles. The van der Waals surface area contributed by atoms with Crippen LogP contribution in [0.25, 0.3) is 88.3 Å². The van der Waals surface area contributed by atoms with Crippen LogP contribution in [0.2, 0.25) is 0 Å². The first-order valence-corrected chi connectivity index (χ1v) is 27.1. The smallest absolute Gasteiger partial charge is 0.143 e. The fraction of sp³-hybridized carbons (Fsp3) is 0.0667. The minimum Gasteiger partial charge on any atom is -0.455 e. The Morgan fingerprint density at radius 2 is 0.792 bits per heavy atom. The van der Waals surface area contributed by atoms with Gasteiger partial charge in [0, 0.05) is 33.1 Å². The lowest BCUT2D eigenvalue weighted by molar-refractivity contribution is 0.670. The summed E-state index contributed by atoms with van der Waals surface area (Å²) >= 11 is 0. The second-order valence-electron chi connectivity index (χ2n) is 20.1. The van der Waals surface area contributed by atoms with Gasteiger partial charge in [-0.05, 0) is 120 Å². The molecule has 1 aliphatic carbocycles. The molecule has 0 amide bonds. The van der Waals surface area contributed by atoms with Crippen molar-refractivity contribution in [1.82, 2.24) is 0 Å². The third-order valence-electron chi connectivity index (χ3n) is 15.7. The molecule has 0 spiro atoms. The first-order valence-electron chi connectivity index (χ1n) is 27.1. The van der Waals surface area contributed by atoms with Crippen LogP contribution in [0, 0.1) is 0 Å². The molecule has 0 saturated carbocycles. The quantitative estimate of drug-likeness (QED) is 0.136. The van der Waals surface area contributed by atoms with Crippen LogP contribution < -0.4 is 4.90 Å². The van der Waals surface area contributed by atoms with Gasteiger partial charge in [0.05, 0.1) is 11.1 Å². The highest BCUT2D eigenvalue weighted by Crippen LogP contribution is 2.59. The molecule has 0 atom stereocenters. The maximum Gasteiger partial charge on any atom is 0.143 e. The molecule has 0 N–H and O–H groups in total. The van der Waals surface area contributed by atoms with E-state index in [1.165, 1.54) is 84.8 Å². The van der Waals surface area contributed by atoms with E-state index < -0.39 is 5.41 Å². The Morgan fingerprint density at radius 3 is 1.39 bits per heavy atom. The molecule has 0 aliphatic heterocycles. The molecule has 0 fully saturated rings. The summed E-state index contributed by atoms with van der Waals surface area (Å²) in [7, 11) is 0. The van der Waals surface area contributed by atoms with Crippen molar-refractivity contribution in [1.29, 1.82) is 0 Å². The second-order valence-corrected chi connectivity index (χ2v) is 20.1. The van der Waals surface area contributed by atoms with E-state index in [1.54, 1.807) is 0 Å². The summed E-state index contributed by atoms with van der Waals surface area (Å²) in [6.45, 7) is 4.36. The summed E-state index contributed by atoms with van der Waals surface area (Å²) < 4.78 is 6.75. The molecule has 1 aliphatic rings. The van der Waals surface area contributed by atoms with E-state index in [0.29, 0.717) is 0 Å². The van der Waals surface area contributed by atoms with Gasteiger partial charge in [0.15, 0.2) is 0 Å². The van der Waals surface area contributed by atoms with Crippen LogP contribution in [0.3, 0.4) is 0 Å². The molecule has 0 saturated heterocycles. The zero-order chi connectivity index (χ0) is 51.7. The van der Waals surface area contributed by atoms with Gasteiger partial charge in [-0.3, -0.25) is 0 Å². The first kappa shape index (κ1) is 47.2. The van der Waals surface area contributed by atoms with E-state index in [1.807, 2.05) is 0 Å². The highest BCUT2D eigenvalue weighted by atomic mass is 16.3. The average Bonchev–Trinajstić information content (AvgIpc) is 4.25. The summed E-state index contributed by atoms with van der Waals surface area (Å²) in [6, 6.07) is 104. The van der Waals surface area contributed by atoms with E-state index >= 15 is 0 Å². The molecule has 2 nitrogen and oxygen atoms in total. The Balaban J connectivity index is 0.00000137. The maximum absolute atomic E-state index is 6.75. The summed E-state index contributed by atoms with van der Waals surface area (Å²) in [5, 5.41) is 4.60. The minimum atomic E-state index is -0.620. The molecule has 1 heterocycles. The molecule has 14 rings (SSSR count). The fourth-order valence-corrected chi connectivity index (χ4v) is 11.9. The molecule has 0 bridgehead atoms. The SMILES string of the molecule is CCCC.c1ccc(-c2ccc(N(c3ccc(-c4ccccc4)cc3)c3ccc(-c4ccc5c(c4)C(c4ccccc4)(c4ccccc4)c4cccc(-c6cccc7c6oc6ccccc67)c4-5)c4ccccc34)cc2)cc1. The van der Waals surface area contributed by atoms with Crippen molar-refractivity contribution in [3.05, 3.63) is 307 Å². The molecule has 12 aromatic carbocycles. The van der Waals surface area contributed by atoms with E-state index in [2.05, 4.69) is 304 Å². The van der Waals surface area contributed by atoms with E-state index in [-0.39, 0.29) is 0 Å². The summed E-state index contributed by atoms with van der Waals surface area (Å²) in [6.07, 6.45) is 2.64. The minimum absolute atomic E-state index is 0.620. The Morgan fingerprint density at radius 1 is 0.325 bits per heavy atom. The fourth-order valence-electron chi connectivity index (χ4n) is 11.9. The monoisotopic (exact) mass is 987 g/mol. The largest absolute Gasteiger partial charge is 0.455 e. The standard InChI is InChI=1S/C71H47NO.C4H10/c1-5-19-48(20-6-1)50-35-40-55(41-36-50)72(56-42-37-51(38-43-56)49-21-7-2-8-22-49)67-46-45-57(58-27-13-14-28-59(58)67)52-39-44-64-66(47-52)71(53-23-9-3-10-24-53,54-25-11-4-12-26-54)65-33-18-30-61(69(64)65)63-32-17-31-62-60-29-15-16-34-68(60)73-70(62)63;1-3-4-2/h1-47H;3-4H2,1-2H3. The van der Waals surface area contributed by atoms with Crippen molar-refractivity contribution >= 4 is 49.8 Å². The Bertz CT molecular complexity index is 4070. The Kier molecular flexibility index (Phi) is 12.5. The highest BCUT2D eigenvalue weighted by Gasteiger charge is 2.47. The van der Waals surface area contributed by atoms with E-state index in [0.717, 1.165) is 55.7 Å². The van der Waals surface area contributed by atoms with Gasteiger partial charge in [0.1, 0.15) is 11.2 Å². The average molecular weight is 988 g/mol. The van der Waals surface area contributed by atoms with Crippen molar-refractivity contribution in [2.24, 2.45) is 0 Å². The number of benzene rings is 12. The van der Waals surface area contributed by atoms with Crippen molar-refractivity contribution in [3.63, 3.8) is 0 Å². The number of anilines is 3. The van der Waals surface area contributed by atoms with Gasteiger partial charge < -0.3 is 9.32 Å². The second kappa shape index (κ2) is 20.3. The lowest BCUT2D eigenvalue weighted by Gasteiger charge is -2.34. The number of fused-ring (bicyclic) bond motifs is 7. The van der Waals surface area contributed by atoms with Crippen molar-refractivity contribution in [3.8, 4) is 55.6 Å². The van der Waals surface area contributed by atoms with E-state index in [4.69, 9.17) is 4.42 Å². The van der Waals surface area contributed by atoms with E-state index in [9.17, 15) is 0 Å². The lowest BCUT2D eigenvalue weighted by Crippen LogP contribution is -2.28. The normalized spacial score (nSPS) is 12.2. The number of hydrogen-bond donors (Lipinski definition) is 0. The van der Waals surface area contributed by atoms with Crippen molar-refractivity contribution < 1.29 is 4.42 Å². The predicted octanol–water partition coefficient (Wildman–Crippen LogP) is 21.0. The number of nitrogens with zero attached hydrogens (tertiary/aromatic N) is 1. The van der Waals surface area contributed by atoms with Gasteiger partial charge in [0.2, 0.25) is 0 Å². The van der Waals surface area contributed by atoms with Crippen LogP contribution in [0.4, 0.5) is 17.1 Å². The number of para-hydroxylation sites is 2. The van der Waals surface area contributed by atoms with Crippen molar-refractivity contribution in [2.75, 3.05) is 4.90 Å². The van der Waals surface area contributed by atoms with Crippen LogP contribution >= 0.6 is 0 Å². The van der Waals surface area contributed by atoms with Gasteiger partial charge >= 0.3 is 0 Å². The molecule has 368 valence electrons. The summed E-state index contributed by atoms with van der Waals surface area (Å²) in [5.41, 5.74) is 21.3. The van der Waals surface area contributed by atoms with Crippen molar-refractivity contribution in [2.45, 2.75) is 32.1 Å². The molecule has 13 aromatic rings. The van der Waals surface area contributed by atoms with Gasteiger partial charge in [-0.25, -0.2) is 0 Å². The van der Waals surface area contributed by atoms with Gasteiger partial charge in [-0.1, -0.05) is 269 Å². The summed E-state index contributed by atoms with van der Waals surface area (Å²) in [5.74, 6) is 0. The van der Waals surface area contributed by atoms with Crippen LogP contribution in [-0.2, 0) is 5.41 Å². The lowest BCUT2D eigenvalue weighted by atomic mass is 9.67. The maximum atomic E-state index is 6.75. The van der Waals surface area contributed by atoms with Crippen LogP contribution in [-0.4, -0.2) is 0 Å². The zero-order valence-electron chi connectivity index (χ0n) is 43.4. The topological polar surface area (TPSA) is 16.4 Å². The number of rotatable bonds is 10. The number of furan rings is 1. The molecular weight excluding hydrogens is 931 g/mol. The van der Waals surface area contributed by atoms with Gasteiger partial charge in [-0.15, -0.1) is 0 Å². The molecule has 0 radical (unpaired) electrons. The Hall–Kier alpha value is -9.50. The third kappa shape index (κ3) is 8.22. The molecule has 77 heavy (non-hydrogen) atoms. The van der Waals surface area contributed by atoms with Crippen LogP contribution in [0.15, 0.2) is 290 Å². The molecule has 0 unspecified atom stereocenters. The third-order valence-corrected chi connectivity index (χ3v) is 15.7. The Labute approximate surface area is 451 Å². The molecule has 2 heteroatoms. The number of hydrogen-bond acceptors (Lipinski definition) is 2. The summed E-state index contributed by atoms with van der Waals surface area (Å²) in [4.78, 5) is 2.41. The van der Waals surface area contributed by atoms with Gasteiger partial charge in [-0.2, -0.15) is 0 Å².